The maximum absolute atomic E-state index is 13.9. The number of benzene rings is 2. The normalized spacial score (nSPS) is 25.5. The van der Waals surface area contributed by atoms with Gasteiger partial charge in [0.05, 0.1) is 24.3 Å². The van der Waals surface area contributed by atoms with E-state index in [4.69, 9.17) is 16.2 Å². The number of ketones is 2. The molecule has 0 unspecified atom stereocenters. The van der Waals surface area contributed by atoms with Crippen molar-refractivity contribution in [2.45, 2.75) is 24.5 Å². The van der Waals surface area contributed by atoms with E-state index in [1.807, 2.05) is 0 Å². The number of anilines is 1. The summed E-state index contributed by atoms with van der Waals surface area (Å²) in [5, 5.41) is 44.8. The number of amides is 1. The summed E-state index contributed by atoms with van der Waals surface area (Å²) in [6.07, 6.45) is 0.0336. The van der Waals surface area contributed by atoms with Crippen LogP contribution in [0.25, 0.3) is 11.1 Å². The van der Waals surface area contributed by atoms with E-state index in [9.17, 15) is 39.6 Å². The van der Waals surface area contributed by atoms with Crippen LogP contribution < -0.4 is 11.5 Å². The Morgan fingerprint density at radius 1 is 1.10 bits per heavy atom. The minimum atomic E-state index is -2.72. The Balaban J connectivity index is 1.72. The number of aliphatic hydroxyl groups excluding tert-OH is 2. The summed E-state index contributed by atoms with van der Waals surface area (Å²) >= 11 is 0. The molecule has 8 N–H and O–H groups in total. The van der Waals surface area contributed by atoms with E-state index in [2.05, 4.69) is 0 Å². The molecule has 0 aliphatic heterocycles. The molecule has 1 amide bonds. The first-order valence-electron chi connectivity index (χ1n) is 12.7. The summed E-state index contributed by atoms with van der Waals surface area (Å²) in [5.74, 6) is -7.91. The maximum Gasteiger partial charge on any atom is 0.337 e. The lowest BCUT2D eigenvalue weighted by molar-refractivity contribution is -0.148. The predicted molar refractivity (Wildman–Crippen MR) is 145 cm³/mol. The smallest absolute Gasteiger partial charge is 0.337 e. The van der Waals surface area contributed by atoms with Gasteiger partial charge in [0.2, 0.25) is 5.78 Å². The number of phenols is 1. The summed E-state index contributed by atoms with van der Waals surface area (Å²) < 4.78 is 4.81. The molecule has 0 heterocycles. The second-order valence-corrected chi connectivity index (χ2v) is 10.8. The second-order valence-electron chi connectivity index (χ2n) is 10.8. The van der Waals surface area contributed by atoms with Crippen LogP contribution in [0, 0.1) is 11.8 Å². The third-order valence-corrected chi connectivity index (χ3v) is 8.29. The third-order valence-electron chi connectivity index (χ3n) is 8.29. The number of hydrogen-bond donors (Lipinski definition) is 6. The van der Waals surface area contributed by atoms with E-state index in [1.54, 1.807) is 26.2 Å². The van der Waals surface area contributed by atoms with Gasteiger partial charge >= 0.3 is 5.97 Å². The van der Waals surface area contributed by atoms with Crippen molar-refractivity contribution in [1.29, 1.82) is 0 Å². The molecule has 12 nitrogen and oxygen atoms in total. The molecule has 3 aliphatic carbocycles. The van der Waals surface area contributed by atoms with Gasteiger partial charge in [0, 0.05) is 17.2 Å². The number of phenolic OH excluding ortho intramolecular Hbond substituents is 1. The Kier molecular flexibility index (Phi) is 6.43. The summed E-state index contributed by atoms with van der Waals surface area (Å²) in [7, 11) is 4.34. The minimum Gasteiger partial charge on any atom is -0.510 e. The van der Waals surface area contributed by atoms with Crippen LogP contribution in [0.4, 0.5) is 5.69 Å². The van der Waals surface area contributed by atoms with Gasteiger partial charge in [-0.25, -0.2) is 4.79 Å². The molecule has 12 heteroatoms. The minimum absolute atomic E-state index is 0.0504. The van der Waals surface area contributed by atoms with Crippen molar-refractivity contribution in [3.63, 3.8) is 0 Å². The van der Waals surface area contributed by atoms with Gasteiger partial charge in [0.1, 0.15) is 22.8 Å². The number of primary amides is 1. The van der Waals surface area contributed by atoms with Gasteiger partial charge in [-0.05, 0) is 73.8 Å². The number of Topliss-reactive ketones (excluding diaryl/α,β-unsaturated/α-hetero) is 2. The average Bonchev–Trinajstić information content (AvgIpc) is 2.89. The molecule has 4 atom stereocenters. The topological polar surface area (TPSA) is 214 Å². The maximum atomic E-state index is 13.9. The molecule has 3 aliphatic rings. The number of aromatic hydroxyl groups is 1. The fraction of sp³-hybridized carbons (Fsp3) is 0.310. The van der Waals surface area contributed by atoms with Crippen molar-refractivity contribution in [2.75, 3.05) is 26.9 Å². The van der Waals surface area contributed by atoms with Crippen molar-refractivity contribution in [2.24, 2.45) is 17.6 Å². The Morgan fingerprint density at radius 3 is 2.39 bits per heavy atom. The van der Waals surface area contributed by atoms with Crippen molar-refractivity contribution in [3.05, 3.63) is 69.7 Å². The quantitative estimate of drug-likeness (QED) is 0.176. The Morgan fingerprint density at radius 2 is 1.78 bits per heavy atom. The number of hydrogen-bond acceptors (Lipinski definition) is 11. The number of carbonyl (C=O) groups is 4. The number of rotatable bonds is 4. The fourth-order valence-corrected chi connectivity index (χ4v) is 6.56. The molecular formula is C29H29N3O9. The number of methoxy groups -OCH3 is 1. The largest absolute Gasteiger partial charge is 0.510 e. The van der Waals surface area contributed by atoms with Crippen LogP contribution >= 0.6 is 0 Å². The van der Waals surface area contributed by atoms with E-state index in [-0.39, 0.29) is 35.2 Å². The van der Waals surface area contributed by atoms with Crippen LogP contribution in [-0.2, 0) is 20.7 Å². The highest BCUT2D eigenvalue weighted by Gasteiger charge is 2.63. The van der Waals surface area contributed by atoms with Crippen molar-refractivity contribution in [1.82, 2.24) is 4.90 Å². The average molecular weight is 564 g/mol. The molecule has 214 valence electrons. The summed E-state index contributed by atoms with van der Waals surface area (Å²) in [4.78, 5) is 53.1. The van der Waals surface area contributed by atoms with E-state index in [0.29, 0.717) is 16.7 Å². The molecular weight excluding hydrogens is 534 g/mol. The lowest BCUT2D eigenvalue weighted by Crippen LogP contribution is -2.63. The zero-order chi connectivity index (χ0) is 30.1. The van der Waals surface area contributed by atoms with E-state index in [0.717, 1.165) is 0 Å². The van der Waals surface area contributed by atoms with Crippen LogP contribution in [0.2, 0.25) is 0 Å². The van der Waals surface area contributed by atoms with Crippen molar-refractivity contribution >= 4 is 29.1 Å². The van der Waals surface area contributed by atoms with Crippen molar-refractivity contribution < 1.29 is 44.3 Å². The standard InChI is InChI=1S/C29H29N3O9/c1-32(2)22-17-10-12-9-16-15(11-6-13(28(39)41-3)8-14(30)7-11)4-5-18(33)20(16)23(34)19(12)25(36)29(17,40)26(37)21(24(22)35)27(31)38/h4-8,12,17,22,33,35-36,40H,9-10,30H2,1-3H3,(H2,31,38)/t12-,17-,22-,29-/m1/s1. The van der Waals surface area contributed by atoms with Crippen LogP contribution in [0.15, 0.2) is 53.0 Å². The Labute approximate surface area is 234 Å². The lowest BCUT2D eigenvalue weighted by Gasteiger charge is -2.50. The van der Waals surface area contributed by atoms with Crippen LogP contribution in [0.3, 0.4) is 0 Å². The van der Waals surface area contributed by atoms with Crippen LogP contribution in [-0.4, -0.2) is 81.6 Å². The molecule has 0 saturated heterocycles. The number of aliphatic hydroxyl groups is 3. The number of likely N-dealkylation sites (N-methyl/N-ethyl adjacent to an activating group) is 1. The van der Waals surface area contributed by atoms with Gasteiger partial charge < -0.3 is 36.6 Å². The van der Waals surface area contributed by atoms with Crippen LogP contribution in [0.1, 0.15) is 32.7 Å². The van der Waals surface area contributed by atoms with E-state index < -0.39 is 69.8 Å². The summed E-state index contributed by atoms with van der Waals surface area (Å²) in [5.41, 5.74) is 9.21. The third kappa shape index (κ3) is 3.90. The predicted octanol–water partition coefficient (Wildman–Crippen LogP) is 1.16. The summed E-state index contributed by atoms with van der Waals surface area (Å²) in [6, 6.07) is 6.34. The monoisotopic (exact) mass is 563 g/mol. The zero-order valence-corrected chi connectivity index (χ0v) is 22.5. The number of allylic oxidation sites excluding steroid dienone is 1. The molecule has 0 radical (unpaired) electrons. The first kappa shape index (κ1) is 27.9. The molecule has 0 fully saturated rings. The SMILES string of the molecule is COC(=O)c1cc(N)cc(-c2ccc(O)c3c2C[C@@H]2C[C@@H]4[C@@H](N(C)C)C(O)=C(C(N)=O)C(=O)[C@]4(O)C(O)=C2C3=O)c1. The Hall–Kier alpha value is -4.68. The van der Waals surface area contributed by atoms with E-state index in [1.165, 1.54) is 30.2 Å². The highest BCUT2D eigenvalue weighted by Crippen LogP contribution is 2.53. The Bertz CT molecular complexity index is 1620. The van der Waals surface area contributed by atoms with Gasteiger partial charge in [0.15, 0.2) is 11.4 Å². The first-order valence-corrected chi connectivity index (χ1v) is 12.7. The number of nitrogens with zero attached hydrogens (tertiary/aromatic N) is 1. The number of esters is 1. The van der Waals surface area contributed by atoms with Gasteiger partial charge in [-0.3, -0.25) is 19.3 Å². The van der Waals surface area contributed by atoms with Gasteiger partial charge in [-0.15, -0.1) is 0 Å². The van der Waals surface area contributed by atoms with E-state index >= 15 is 0 Å². The van der Waals surface area contributed by atoms with Gasteiger partial charge in [-0.2, -0.15) is 0 Å². The lowest BCUT2D eigenvalue weighted by atomic mass is 9.58. The first-order chi connectivity index (χ1) is 19.2. The number of fused-ring (bicyclic) bond motifs is 3. The van der Waals surface area contributed by atoms with Crippen molar-refractivity contribution in [3.8, 4) is 16.9 Å². The molecule has 0 aromatic heterocycles. The molecule has 41 heavy (non-hydrogen) atoms. The second kappa shape index (κ2) is 9.46. The zero-order valence-electron chi connectivity index (χ0n) is 22.5. The molecule has 2 aromatic rings. The van der Waals surface area contributed by atoms with Gasteiger partial charge in [0.25, 0.3) is 5.91 Å². The van der Waals surface area contributed by atoms with Crippen LogP contribution in [0.5, 0.6) is 5.75 Å². The molecule has 2 aromatic carbocycles. The molecule has 0 spiro atoms. The molecule has 0 saturated carbocycles. The number of nitrogen functional groups attached to an aromatic ring is 1. The highest BCUT2D eigenvalue weighted by molar-refractivity contribution is 6.25. The highest BCUT2D eigenvalue weighted by atomic mass is 16.5. The summed E-state index contributed by atoms with van der Waals surface area (Å²) in [6.45, 7) is 0. The number of ether oxygens (including phenoxy) is 1. The van der Waals surface area contributed by atoms with Gasteiger partial charge in [-0.1, -0.05) is 6.07 Å². The number of carbonyl (C=O) groups excluding carboxylic acids is 4. The molecule has 0 bridgehead atoms. The number of nitrogens with two attached hydrogens (primary N) is 2. The fourth-order valence-electron chi connectivity index (χ4n) is 6.56. The molecule has 5 rings (SSSR count).